The first kappa shape index (κ1) is 18.3. The third-order valence-electron chi connectivity index (χ3n) is 3.47. The van der Waals surface area contributed by atoms with E-state index >= 15 is 0 Å². The second-order valence-corrected chi connectivity index (χ2v) is 5.78. The van der Waals surface area contributed by atoms with Crippen molar-refractivity contribution in [3.8, 4) is 0 Å². The van der Waals surface area contributed by atoms with E-state index in [0.29, 0.717) is 0 Å². The summed E-state index contributed by atoms with van der Waals surface area (Å²) in [5.41, 5.74) is -1.13. The van der Waals surface area contributed by atoms with Gasteiger partial charge in [0.2, 0.25) is 0 Å². The van der Waals surface area contributed by atoms with E-state index in [1.807, 2.05) is 12.2 Å². The van der Waals surface area contributed by atoms with Gasteiger partial charge in [0, 0.05) is 0 Å². The molecule has 24 heavy (non-hydrogen) atoms. The van der Waals surface area contributed by atoms with Gasteiger partial charge in [0.15, 0.2) is 6.61 Å². The zero-order valence-electron chi connectivity index (χ0n) is 12.5. The van der Waals surface area contributed by atoms with Crippen LogP contribution in [0, 0.1) is 5.92 Å². The molecule has 0 fully saturated rings. The van der Waals surface area contributed by atoms with Gasteiger partial charge in [-0.3, -0.25) is 9.59 Å². The van der Waals surface area contributed by atoms with Gasteiger partial charge >= 0.3 is 12.1 Å². The Bertz CT molecular complexity index is 658. The normalized spacial score (nSPS) is 16.9. The number of amides is 1. The highest BCUT2D eigenvalue weighted by Gasteiger charge is 2.31. The lowest BCUT2D eigenvalue weighted by Gasteiger charge is -2.12. The minimum absolute atomic E-state index is 0.0428. The molecule has 1 aliphatic rings. The van der Waals surface area contributed by atoms with Crippen LogP contribution < -0.4 is 5.32 Å². The Hall–Kier alpha value is -2.02. The molecule has 4 nitrogen and oxygen atoms in total. The molecule has 0 aromatic heterocycles. The Labute approximate surface area is 141 Å². The Morgan fingerprint density at radius 3 is 2.71 bits per heavy atom. The van der Waals surface area contributed by atoms with Gasteiger partial charge in [-0.2, -0.15) is 13.2 Å². The van der Waals surface area contributed by atoms with Gasteiger partial charge in [-0.15, -0.1) is 0 Å². The number of benzene rings is 1. The van der Waals surface area contributed by atoms with Crippen molar-refractivity contribution in [3.05, 3.63) is 40.9 Å². The molecular formula is C16H15ClF3NO3. The molecule has 8 heteroatoms. The van der Waals surface area contributed by atoms with E-state index in [-0.39, 0.29) is 23.0 Å². The number of anilines is 1. The molecule has 0 radical (unpaired) electrons. The fraction of sp³-hybridized carbons (Fsp3) is 0.375. The number of carbonyl (C=O) groups is 2. The number of allylic oxidation sites excluding steroid dienone is 2. The summed E-state index contributed by atoms with van der Waals surface area (Å²) >= 11 is 5.77. The zero-order valence-corrected chi connectivity index (χ0v) is 13.3. The van der Waals surface area contributed by atoms with Gasteiger partial charge in [0.25, 0.3) is 5.91 Å². The van der Waals surface area contributed by atoms with Crippen LogP contribution in [0.3, 0.4) is 0 Å². The molecule has 1 aliphatic carbocycles. The zero-order chi connectivity index (χ0) is 17.7. The minimum Gasteiger partial charge on any atom is -0.456 e. The van der Waals surface area contributed by atoms with Crippen LogP contribution in [0.15, 0.2) is 30.4 Å². The molecule has 1 aromatic carbocycles. The van der Waals surface area contributed by atoms with E-state index in [0.717, 1.165) is 31.0 Å². The smallest absolute Gasteiger partial charge is 0.416 e. The third-order valence-corrected chi connectivity index (χ3v) is 3.80. The predicted octanol–water partition coefficient (Wildman–Crippen LogP) is 4.20. The van der Waals surface area contributed by atoms with Crippen LogP contribution in [0.4, 0.5) is 18.9 Å². The van der Waals surface area contributed by atoms with E-state index in [9.17, 15) is 22.8 Å². The summed E-state index contributed by atoms with van der Waals surface area (Å²) in [4.78, 5) is 23.3. The Kier molecular flexibility index (Phi) is 5.88. The molecule has 0 heterocycles. The maximum Gasteiger partial charge on any atom is 0.416 e. The summed E-state index contributed by atoms with van der Waals surface area (Å²) in [5, 5.41) is 2.17. The maximum absolute atomic E-state index is 12.7. The average Bonchev–Trinajstić information content (AvgIpc) is 2.99. The summed E-state index contributed by atoms with van der Waals surface area (Å²) < 4.78 is 42.8. The highest BCUT2D eigenvalue weighted by Crippen LogP contribution is 2.33. The quantitative estimate of drug-likeness (QED) is 0.631. The molecule has 0 bridgehead atoms. The Balaban J connectivity index is 1.87. The lowest BCUT2D eigenvalue weighted by atomic mass is 10.1. The third kappa shape index (κ3) is 5.26. The number of alkyl halides is 3. The monoisotopic (exact) mass is 361 g/mol. The summed E-state index contributed by atoms with van der Waals surface area (Å²) in [6.07, 6.45) is 1.29. The molecule has 0 unspecified atom stereocenters. The fourth-order valence-electron chi connectivity index (χ4n) is 2.27. The first-order valence-corrected chi connectivity index (χ1v) is 7.62. The lowest BCUT2D eigenvalue weighted by molar-refractivity contribution is -0.147. The minimum atomic E-state index is -4.55. The Morgan fingerprint density at radius 1 is 1.33 bits per heavy atom. The number of rotatable bonds is 5. The van der Waals surface area contributed by atoms with Gasteiger partial charge in [0.05, 0.1) is 22.7 Å². The van der Waals surface area contributed by atoms with Crippen molar-refractivity contribution < 1.29 is 27.5 Å². The highest BCUT2D eigenvalue weighted by molar-refractivity contribution is 6.33. The van der Waals surface area contributed by atoms with Gasteiger partial charge in [-0.1, -0.05) is 23.8 Å². The molecule has 1 N–H and O–H groups in total. The summed E-state index contributed by atoms with van der Waals surface area (Å²) in [5.74, 6) is -1.18. The van der Waals surface area contributed by atoms with Gasteiger partial charge in [0.1, 0.15) is 0 Å². The fourth-order valence-corrected chi connectivity index (χ4v) is 2.43. The largest absolute Gasteiger partial charge is 0.456 e. The Morgan fingerprint density at radius 2 is 2.08 bits per heavy atom. The van der Waals surface area contributed by atoms with Crippen molar-refractivity contribution in [1.29, 1.82) is 0 Å². The van der Waals surface area contributed by atoms with Crippen molar-refractivity contribution in [2.24, 2.45) is 5.92 Å². The predicted molar refractivity (Wildman–Crippen MR) is 82.5 cm³/mol. The van der Waals surface area contributed by atoms with Crippen molar-refractivity contribution >= 4 is 29.2 Å². The topological polar surface area (TPSA) is 55.4 Å². The SMILES string of the molecule is O=C(COC(=O)C[C@@H]1C=CCC1)Nc1cc(C(F)(F)F)ccc1Cl. The number of halogens is 4. The highest BCUT2D eigenvalue weighted by atomic mass is 35.5. The van der Waals surface area contributed by atoms with Crippen LogP contribution in [-0.2, 0) is 20.5 Å². The molecule has 0 aliphatic heterocycles. The molecular weight excluding hydrogens is 347 g/mol. The van der Waals surface area contributed by atoms with Gasteiger partial charge < -0.3 is 10.1 Å². The number of ether oxygens (including phenoxy) is 1. The second kappa shape index (κ2) is 7.70. The van der Waals surface area contributed by atoms with Crippen LogP contribution in [0.25, 0.3) is 0 Å². The first-order valence-electron chi connectivity index (χ1n) is 7.24. The van der Waals surface area contributed by atoms with E-state index in [1.165, 1.54) is 0 Å². The van der Waals surface area contributed by atoms with Crippen LogP contribution in [-0.4, -0.2) is 18.5 Å². The van der Waals surface area contributed by atoms with E-state index in [4.69, 9.17) is 16.3 Å². The number of hydrogen-bond acceptors (Lipinski definition) is 3. The molecule has 130 valence electrons. The standard InChI is InChI=1S/C16H15ClF3NO3/c17-12-6-5-11(16(18,19)20)8-13(12)21-14(22)9-24-15(23)7-10-3-1-2-4-10/h1,3,5-6,8,10H,2,4,7,9H2,(H,21,22)/t10-/m1/s1. The van der Waals surface area contributed by atoms with Crippen molar-refractivity contribution in [3.63, 3.8) is 0 Å². The van der Waals surface area contributed by atoms with Crippen LogP contribution in [0.5, 0.6) is 0 Å². The molecule has 2 rings (SSSR count). The van der Waals surface area contributed by atoms with Crippen LogP contribution >= 0.6 is 11.6 Å². The van der Waals surface area contributed by atoms with Crippen LogP contribution in [0.1, 0.15) is 24.8 Å². The summed E-state index contributed by atoms with van der Waals surface area (Å²) in [6.45, 7) is -0.582. The molecule has 0 saturated heterocycles. The average molecular weight is 362 g/mol. The van der Waals surface area contributed by atoms with Crippen molar-refractivity contribution in [1.82, 2.24) is 0 Å². The molecule has 1 atom stereocenters. The first-order chi connectivity index (χ1) is 11.3. The summed E-state index contributed by atoms with van der Waals surface area (Å²) in [7, 11) is 0. The molecule has 0 saturated carbocycles. The number of carbonyl (C=O) groups excluding carboxylic acids is 2. The molecule has 1 amide bonds. The molecule has 0 spiro atoms. The van der Waals surface area contributed by atoms with E-state index in [2.05, 4.69) is 5.32 Å². The maximum atomic E-state index is 12.7. The van der Waals surface area contributed by atoms with Crippen LogP contribution in [0.2, 0.25) is 5.02 Å². The van der Waals surface area contributed by atoms with Crippen molar-refractivity contribution in [2.75, 3.05) is 11.9 Å². The second-order valence-electron chi connectivity index (χ2n) is 5.37. The number of nitrogens with one attached hydrogen (secondary N) is 1. The van der Waals surface area contributed by atoms with E-state index in [1.54, 1.807) is 0 Å². The lowest BCUT2D eigenvalue weighted by Crippen LogP contribution is -2.22. The number of esters is 1. The van der Waals surface area contributed by atoms with Gasteiger partial charge in [-0.25, -0.2) is 0 Å². The van der Waals surface area contributed by atoms with E-state index < -0.39 is 30.2 Å². The molecule has 1 aromatic rings. The van der Waals surface area contributed by atoms with Crippen molar-refractivity contribution in [2.45, 2.75) is 25.4 Å². The van der Waals surface area contributed by atoms with Gasteiger partial charge in [-0.05, 0) is 37.0 Å². The summed E-state index contributed by atoms with van der Waals surface area (Å²) in [6, 6.07) is 2.58. The number of hydrogen-bond donors (Lipinski definition) is 1.